The zero-order valence-electron chi connectivity index (χ0n) is 11.4. The highest BCUT2D eigenvalue weighted by atomic mass is 16.3. The van der Waals surface area contributed by atoms with Gasteiger partial charge >= 0.3 is 0 Å². The molecule has 1 fully saturated rings. The van der Waals surface area contributed by atoms with Gasteiger partial charge in [0.25, 0.3) is 0 Å². The van der Waals surface area contributed by atoms with Crippen molar-refractivity contribution in [1.82, 2.24) is 10.2 Å². The molecular weight excluding hydrogens is 224 g/mol. The van der Waals surface area contributed by atoms with Crippen LogP contribution in [0.15, 0.2) is 24.3 Å². The lowest BCUT2D eigenvalue weighted by atomic mass is 9.96. The van der Waals surface area contributed by atoms with E-state index >= 15 is 0 Å². The molecule has 1 aliphatic heterocycles. The molecule has 3 nitrogen and oxygen atoms in total. The number of aryl methyl sites for hydroxylation is 1. The number of hydrogen-bond donors (Lipinski definition) is 2. The molecule has 0 aromatic heterocycles. The highest BCUT2D eigenvalue weighted by molar-refractivity contribution is 5.23. The predicted molar refractivity (Wildman–Crippen MR) is 74.6 cm³/mol. The van der Waals surface area contributed by atoms with Crippen molar-refractivity contribution in [3.8, 4) is 0 Å². The fraction of sp³-hybridized carbons (Fsp3) is 0.600. The number of hydrogen-bond acceptors (Lipinski definition) is 3. The summed E-state index contributed by atoms with van der Waals surface area (Å²) in [5, 5.41) is 13.7. The Morgan fingerprint density at radius 1 is 1.22 bits per heavy atom. The third kappa shape index (κ3) is 3.55. The van der Waals surface area contributed by atoms with Crippen molar-refractivity contribution in [3.05, 3.63) is 35.4 Å². The van der Waals surface area contributed by atoms with Crippen molar-refractivity contribution < 1.29 is 5.11 Å². The van der Waals surface area contributed by atoms with E-state index in [0.29, 0.717) is 0 Å². The van der Waals surface area contributed by atoms with Crippen LogP contribution in [0.25, 0.3) is 0 Å². The van der Waals surface area contributed by atoms with E-state index in [1.54, 1.807) is 0 Å². The molecule has 1 aromatic carbocycles. The molecule has 2 unspecified atom stereocenters. The molecule has 1 aliphatic rings. The SMILES string of the molecule is Cc1ccc(C(O)C(C)CN2CCNCC2)cc1. The van der Waals surface area contributed by atoms with Crippen molar-refractivity contribution in [2.45, 2.75) is 20.0 Å². The second-order valence-electron chi connectivity index (χ2n) is 5.38. The van der Waals surface area contributed by atoms with E-state index in [1.165, 1.54) is 5.56 Å². The van der Waals surface area contributed by atoms with Crippen LogP contribution in [0.5, 0.6) is 0 Å². The van der Waals surface area contributed by atoms with Crippen LogP contribution in [0.2, 0.25) is 0 Å². The Morgan fingerprint density at radius 2 is 1.83 bits per heavy atom. The standard InChI is InChI=1S/C15H24N2O/c1-12-3-5-14(6-4-12)15(18)13(2)11-17-9-7-16-8-10-17/h3-6,13,15-16,18H,7-11H2,1-2H3. The molecule has 0 amide bonds. The van der Waals surface area contributed by atoms with E-state index in [4.69, 9.17) is 0 Å². The summed E-state index contributed by atoms with van der Waals surface area (Å²) in [6.45, 7) is 9.47. The highest BCUT2D eigenvalue weighted by Crippen LogP contribution is 2.23. The van der Waals surface area contributed by atoms with Gasteiger partial charge in [0.05, 0.1) is 6.10 Å². The van der Waals surface area contributed by atoms with Crippen molar-refractivity contribution in [2.75, 3.05) is 32.7 Å². The summed E-state index contributed by atoms with van der Waals surface area (Å²) in [5.41, 5.74) is 2.27. The first-order chi connectivity index (χ1) is 8.66. The Balaban J connectivity index is 1.91. The van der Waals surface area contributed by atoms with Crippen LogP contribution in [0.1, 0.15) is 24.2 Å². The minimum absolute atomic E-state index is 0.269. The summed E-state index contributed by atoms with van der Waals surface area (Å²) in [5.74, 6) is 0.269. The maximum atomic E-state index is 10.4. The number of benzene rings is 1. The average Bonchev–Trinajstić information content (AvgIpc) is 2.40. The summed E-state index contributed by atoms with van der Waals surface area (Å²) in [4.78, 5) is 2.43. The Morgan fingerprint density at radius 3 is 2.44 bits per heavy atom. The van der Waals surface area contributed by atoms with E-state index in [9.17, 15) is 5.11 Å². The van der Waals surface area contributed by atoms with Crippen LogP contribution in [0, 0.1) is 12.8 Å². The molecule has 1 aromatic rings. The molecule has 1 heterocycles. The second-order valence-corrected chi connectivity index (χ2v) is 5.38. The molecule has 100 valence electrons. The summed E-state index contributed by atoms with van der Waals surface area (Å²) in [6, 6.07) is 8.20. The second kappa shape index (κ2) is 6.32. The number of aliphatic hydroxyl groups excluding tert-OH is 1. The van der Waals surface area contributed by atoms with E-state index in [0.717, 1.165) is 38.3 Å². The lowest BCUT2D eigenvalue weighted by molar-refractivity contribution is 0.0842. The highest BCUT2D eigenvalue weighted by Gasteiger charge is 2.20. The fourth-order valence-corrected chi connectivity index (χ4v) is 2.49. The van der Waals surface area contributed by atoms with Crippen LogP contribution in [-0.4, -0.2) is 42.7 Å². The monoisotopic (exact) mass is 248 g/mol. The summed E-state index contributed by atoms with van der Waals surface area (Å²) >= 11 is 0. The number of nitrogens with zero attached hydrogens (tertiary/aromatic N) is 1. The van der Waals surface area contributed by atoms with Gasteiger partial charge in [-0.3, -0.25) is 0 Å². The Labute approximate surface area is 110 Å². The Bertz CT molecular complexity index is 357. The predicted octanol–water partition coefficient (Wildman–Crippen LogP) is 1.57. The Hall–Kier alpha value is -0.900. The number of nitrogens with one attached hydrogen (secondary N) is 1. The quantitative estimate of drug-likeness (QED) is 0.849. The molecule has 2 atom stereocenters. The topological polar surface area (TPSA) is 35.5 Å². The van der Waals surface area contributed by atoms with Gasteiger partial charge < -0.3 is 15.3 Å². The molecule has 0 radical (unpaired) electrons. The molecule has 0 aliphatic carbocycles. The van der Waals surface area contributed by atoms with Crippen LogP contribution in [-0.2, 0) is 0 Å². The largest absolute Gasteiger partial charge is 0.388 e. The maximum absolute atomic E-state index is 10.4. The first kappa shape index (κ1) is 13.5. The van der Waals surface area contributed by atoms with Gasteiger partial charge in [-0.05, 0) is 18.4 Å². The summed E-state index contributed by atoms with van der Waals surface area (Å²) < 4.78 is 0. The van der Waals surface area contributed by atoms with E-state index < -0.39 is 0 Å². The Kier molecular flexibility index (Phi) is 4.75. The van der Waals surface area contributed by atoms with Gasteiger partial charge in [-0.2, -0.15) is 0 Å². The van der Waals surface area contributed by atoms with E-state index in [1.807, 2.05) is 12.1 Å². The van der Waals surface area contributed by atoms with Crippen LogP contribution in [0.3, 0.4) is 0 Å². The molecule has 2 N–H and O–H groups in total. The number of aliphatic hydroxyl groups is 1. The van der Waals surface area contributed by atoms with Gasteiger partial charge in [-0.1, -0.05) is 36.8 Å². The minimum atomic E-state index is -0.361. The smallest absolute Gasteiger partial charge is 0.0827 e. The summed E-state index contributed by atoms with van der Waals surface area (Å²) in [6.07, 6.45) is -0.361. The van der Waals surface area contributed by atoms with E-state index in [-0.39, 0.29) is 12.0 Å². The van der Waals surface area contributed by atoms with E-state index in [2.05, 4.69) is 36.2 Å². The minimum Gasteiger partial charge on any atom is -0.388 e. The van der Waals surface area contributed by atoms with Crippen molar-refractivity contribution in [3.63, 3.8) is 0 Å². The van der Waals surface area contributed by atoms with Gasteiger partial charge in [0.1, 0.15) is 0 Å². The number of piperazine rings is 1. The molecule has 2 rings (SSSR count). The molecule has 3 heteroatoms. The number of rotatable bonds is 4. The van der Waals surface area contributed by atoms with Gasteiger partial charge in [0.15, 0.2) is 0 Å². The third-order valence-electron chi connectivity index (χ3n) is 3.71. The van der Waals surface area contributed by atoms with Crippen molar-refractivity contribution >= 4 is 0 Å². The van der Waals surface area contributed by atoms with Crippen molar-refractivity contribution in [1.29, 1.82) is 0 Å². The molecule has 0 spiro atoms. The first-order valence-electron chi connectivity index (χ1n) is 6.84. The van der Waals surface area contributed by atoms with Gasteiger partial charge in [0, 0.05) is 32.7 Å². The first-order valence-corrected chi connectivity index (χ1v) is 6.84. The van der Waals surface area contributed by atoms with Crippen LogP contribution in [0.4, 0.5) is 0 Å². The lowest BCUT2D eigenvalue weighted by Gasteiger charge is -2.31. The van der Waals surface area contributed by atoms with Crippen molar-refractivity contribution in [2.24, 2.45) is 5.92 Å². The normalized spacial score (nSPS) is 20.6. The average molecular weight is 248 g/mol. The zero-order chi connectivity index (χ0) is 13.0. The van der Waals surface area contributed by atoms with Gasteiger partial charge in [-0.25, -0.2) is 0 Å². The summed E-state index contributed by atoms with van der Waals surface area (Å²) in [7, 11) is 0. The van der Waals surface area contributed by atoms with Crippen LogP contribution < -0.4 is 5.32 Å². The third-order valence-corrected chi connectivity index (χ3v) is 3.71. The fourth-order valence-electron chi connectivity index (χ4n) is 2.49. The zero-order valence-corrected chi connectivity index (χ0v) is 11.4. The molecular formula is C15H24N2O. The van der Waals surface area contributed by atoms with Crippen LogP contribution >= 0.6 is 0 Å². The molecule has 0 saturated carbocycles. The molecule has 1 saturated heterocycles. The molecule has 18 heavy (non-hydrogen) atoms. The van der Waals surface area contributed by atoms with Gasteiger partial charge in [-0.15, -0.1) is 0 Å². The molecule has 0 bridgehead atoms. The van der Waals surface area contributed by atoms with Gasteiger partial charge in [0.2, 0.25) is 0 Å². The lowest BCUT2D eigenvalue weighted by Crippen LogP contribution is -2.45. The maximum Gasteiger partial charge on any atom is 0.0827 e.